The minimum absolute atomic E-state index is 0.0730. The normalized spacial score (nSPS) is 17.9. The van der Waals surface area contributed by atoms with E-state index in [-0.39, 0.29) is 16.7 Å². The number of hydrogen-bond donors (Lipinski definition) is 3. The van der Waals surface area contributed by atoms with Gasteiger partial charge in [0.15, 0.2) is 5.17 Å². The molecular formula is C10H8N2O3S. The van der Waals surface area contributed by atoms with Crippen LogP contribution in [0.25, 0.3) is 6.08 Å². The zero-order valence-corrected chi connectivity index (χ0v) is 8.86. The molecule has 5 nitrogen and oxygen atoms in total. The molecule has 0 aromatic heterocycles. The Morgan fingerprint density at radius 2 is 1.88 bits per heavy atom. The lowest BCUT2D eigenvalue weighted by Crippen LogP contribution is -2.01. The van der Waals surface area contributed by atoms with Crippen LogP contribution in [0.1, 0.15) is 5.56 Å². The molecule has 0 fully saturated rings. The van der Waals surface area contributed by atoms with Crippen LogP contribution >= 0.6 is 11.8 Å². The smallest absolute Gasteiger partial charge is 0.286 e. The molecule has 16 heavy (non-hydrogen) atoms. The molecule has 1 aliphatic heterocycles. The SMILES string of the molecule is NC1=NC(=O)/C(=C/c2cc(O)cc(O)c2)S1. The molecule has 1 aromatic carbocycles. The van der Waals surface area contributed by atoms with Crippen LogP contribution < -0.4 is 5.73 Å². The number of phenolic OH excluding ortho intramolecular Hbond substituents is 2. The average Bonchev–Trinajstić information content (AvgIpc) is 2.43. The highest BCUT2D eigenvalue weighted by molar-refractivity contribution is 8.18. The van der Waals surface area contributed by atoms with Crippen LogP contribution in [0.3, 0.4) is 0 Å². The van der Waals surface area contributed by atoms with Crippen molar-refractivity contribution in [2.45, 2.75) is 0 Å². The predicted octanol–water partition coefficient (Wildman–Crippen LogP) is 1.03. The minimum atomic E-state index is -0.412. The van der Waals surface area contributed by atoms with Crippen LogP contribution in [0.2, 0.25) is 0 Å². The Kier molecular flexibility index (Phi) is 2.57. The lowest BCUT2D eigenvalue weighted by molar-refractivity contribution is -0.113. The number of aliphatic imine (C=N–C) groups is 1. The first-order chi connectivity index (χ1) is 7.54. The van der Waals surface area contributed by atoms with Gasteiger partial charge in [-0.15, -0.1) is 0 Å². The summed E-state index contributed by atoms with van der Waals surface area (Å²) < 4.78 is 0. The lowest BCUT2D eigenvalue weighted by atomic mass is 10.2. The van der Waals surface area contributed by atoms with Gasteiger partial charge in [-0.25, -0.2) is 0 Å². The largest absolute Gasteiger partial charge is 0.508 e. The number of hydrogen-bond acceptors (Lipinski definition) is 5. The van der Waals surface area contributed by atoms with Gasteiger partial charge < -0.3 is 15.9 Å². The Morgan fingerprint density at radius 1 is 1.25 bits per heavy atom. The number of nitrogens with two attached hydrogens (primary N) is 1. The third kappa shape index (κ3) is 2.17. The van der Waals surface area contributed by atoms with E-state index in [1.165, 1.54) is 24.3 Å². The molecule has 0 atom stereocenters. The monoisotopic (exact) mass is 236 g/mol. The quantitative estimate of drug-likeness (QED) is 0.633. The summed E-state index contributed by atoms with van der Waals surface area (Å²) in [6, 6.07) is 4.06. The van der Waals surface area contributed by atoms with Crippen LogP contribution in [-0.4, -0.2) is 21.3 Å². The molecule has 0 spiro atoms. The van der Waals surface area contributed by atoms with Gasteiger partial charge in [-0.05, 0) is 35.5 Å². The fourth-order valence-electron chi connectivity index (χ4n) is 1.28. The van der Waals surface area contributed by atoms with E-state index in [2.05, 4.69) is 4.99 Å². The summed E-state index contributed by atoms with van der Waals surface area (Å²) in [7, 11) is 0. The summed E-state index contributed by atoms with van der Waals surface area (Å²) in [6.07, 6.45) is 1.51. The van der Waals surface area contributed by atoms with Gasteiger partial charge in [0.1, 0.15) is 11.5 Å². The molecule has 6 heteroatoms. The molecule has 1 heterocycles. The molecule has 1 amide bonds. The van der Waals surface area contributed by atoms with Gasteiger partial charge in [-0.2, -0.15) is 4.99 Å². The van der Waals surface area contributed by atoms with Gasteiger partial charge in [0, 0.05) is 6.07 Å². The van der Waals surface area contributed by atoms with Gasteiger partial charge in [0.2, 0.25) is 0 Å². The van der Waals surface area contributed by atoms with Crippen molar-refractivity contribution < 1.29 is 15.0 Å². The van der Waals surface area contributed by atoms with Crippen molar-refractivity contribution in [1.29, 1.82) is 0 Å². The fourth-order valence-corrected chi connectivity index (χ4v) is 1.96. The molecule has 0 saturated heterocycles. The van der Waals surface area contributed by atoms with E-state index in [0.717, 1.165) is 11.8 Å². The molecule has 2 rings (SSSR count). The number of aromatic hydroxyl groups is 2. The van der Waals surface area contributed by atoms with Crippen molar-refractivity contribution in [3.05, 3.63) is 28.7 Å². The van der Waals surface area contributed by atoms with E-state index in [1.807, 2.05) is 0 Å². The second kappa shape index (κ2) is 3.90. The highest BCUT2D eigenvalue weighted by Crippen LogP contribution is 2.28. The molecule has 0 unspecified atom stereocenters. The van der Waals surface area contributed by atoms with Gasteiger partial charge in [-0.1, -0.05) is 0 Å². The first-order valence-electron chi connectivity index (χ1n) is 4.35. The molecular weight excluding hydrogens is 228 g/mol. The van der Waals surface area contributed by atoms with E-state index in [0.29, 0.717) is 10.5 Å². The second-order valence-corrected chi connectivity index (χ2v) is 4.21. The summed E-state index contributed by atoms with van der Waals surface area (Å²) in [4.78, 5) is 15.2. The average molecular weight is 236 g/mol. The van der Waals surface area contributed by atoms with Crippen molar-refractivity contribution in [2.24, 2.45) is 10.7 Å². The van der Waals surface area contributed by atoms with Crippen LogP contribution in [0.15, 0.2) is 28.1 Å². The number of carbonyl (C=O) groups excluding carboxylic acids is 1. The first kappa shape index (κ1) is 10.6. The van der Waals surface area contributed by atoms with E-state index >= 15 is 0 Å². The van der Waals surface area contributed by atoms with Gasteiger partial charge >= 0.3 is 0 Å². The molecule has 0 saturated carbocycles. The standard InChI is InChI=1S/C10H8N2O3S/c11-10-12-9(15)8(16-10)3-5-1-6(13)4-7(14)2-5/h1-4,13-14H,(H2,11,12,15)/b8-3-. The van der Waals surface area contributed by atoms with Crippen molar-refractivity contribution in [3.63, 3.8) is 0 Å². The number of amides is 1. The van der Waals surface area contributed by atoms with E-state index in [9.17, 15) is 15.0 Å². The highest BCUT2D eigenvalue weighted by Gasteiger charge is 2.19. The van der Waals surface area contributed by atoms with E-state index < -0.39 is 5.91 Å². The highest BCUT2D eigenvalue weighted by atomic mass is 32.2. The van der Waals surface area contributed by atoms with E-state index in [1.54, 1.807) is 0 Å². The van der Waals surface area contributed by atoms with Gasteiger partial charge in [0.25, 0.3) is 5.91 Å². The Hall–Kier alpha value is -1.95. The van der Waals surface area contributed by atoms with Crippen LogP contribution in [0, 0.1) is 0 Å². The Bertz CT molecular complexity index is 503. The number of phenols is 2. The Labute approximate surface area is 95.3 Å². The Balaban J connectivity index is 2.34. The van der Waals surface area contributed by atoms with Crippen molar-refractivity contribution >= 4 is 28.9 Å². The number of carbonyl (C=O) groups is 1. The molecule has 82 valence electrons. The number of nitrogens with zero attached hydrogens (tertiary/aromatic N) is 1. The van der Waals surface area contributed by atoms with Crippen LogP contribution in [-0.2, 0) is 4.79 Å². The maximum absolute atomic E-state index is 11.3. The molecule has 1 aliphatic rings. The zero-order chi connectivity index (χ0) is 11.7. The third-order valence-corrected chi connectivity index (χ3v) is 2.67. The molecule has 1 aromatic rings. The minimum Gasteiger partial charge on any atom is -0.508 e. The van der Waals surface area contributed by atoms with Crippen molar-refractivity contribution in [2.75, 3.05) is 0 Å². The summed E-state index contributed by atoms with van der Waals surface area (Å²) in [5.41, 5.74) is 5.89. The number of thioether (sulfide) groups is 1. The van der Waals surface area contributed by atoms with Crippen molar-refractivity contribution in [1.82, 2.24) is 0 Å². The topological polar surface area (TPSA) is 95.9 Å². The van der Waals surface area contributed by atoms with Crippen molar-refractivity contribution in [3.8, 4) is 11.5 Å². The maximum atomic E-state index is 11.3. The predicted molar refractivity (Wildman–Crippen MR) is 62.0 cm³/mol. The molecule has 4 N–H and O–H groups in total. The second-order valence-electron chi connectivity index (χ2n) is 3.15. The summed E-state index contributed by atoms with van der Waals surface area (Å²) in [5.74, 6) is -0.558. The fraction of sp³-hybridized carbons (Fsp3) is 0. The Morgan fingerprint density at radius 3 is 2.38 bits per heavy atom. The first-order valence-corrected chi connectivity index (χ1v) is 5.17. The molecule has 0 aliphatic carbocycles. The molecule has 0 bridgehead atoms. The van der Waals surface area contributed by atoms with E-state index in [4.69, 9.17) is 5.73 Å². The zero-order valence-electron chi connectivity index (χ0n) is 8.04. The van der Waals surface area contributed by atoms with Gasteiger partial charge in [-0.3, -0.25) is 4.79 Å². The summed E-state index contributed by atoms with van der Waals surface area (Å²) >= 11 is 1.06. The van der Waals surface area contributed by atoms with Gasteiger partial charge in [0.05, 0.1) is 4.91 Å². The number of rotatable bonds is 1. The maximum Gasteiger partial charge on any atom is 0.286 e. The number of amidine groups is 1. The molecule has 0 radical (unpaired) electrons. The van der Waals surface area contributed by atoms with Crippen LogP contribution in [0.5, 0.6) is 11.5 Å². The number of benzene rings is 1. The van der Waals surface area contributed by atoms with Crippen LogP contribution in [0.4, 0.5) is 0 Å². The third-order valence-electron chi connectivity index (χ3n) is 1.86. The summed E-state index contributed by atoms with van der Waals surface area (Å²) in [5, 5.41) is 18.7. The lowest BCUT2D eigenvalue weighted by Gasteiger charge is -1.99. The summed E-state index contributed by atoms with van der Waals surface area (Å²) in [6.45, 7) is 0.